The van der Waals surface area contributed by atoms with Crippen molar-refractivity contribution in [2.75, 3.05) is 46.0 Å². The van der Waals surface area contributed by atoms with Crippen LogP contribution >= 0.6 is 23.2 Å². The molecule has 2 aromatic rings. The molecule has 0 saturated carbocycles. The van der Waals surface area contributed by atoms with Gasteiger partial charge in [-0.15, -0.1) is 0 Å². The minimum atomic E-state index is -3.91. The van der Waals surface area contributed by atoms with Crippen LogP contribution in [0.25, 0.3) is 0 Å². The molecule has 184 valence electrons. The summed E-state index contributed by atoms with van der Waals surface area (Å²) in [5, 5.41) is 0.409. The van der Waals surface area contributed by atoms with Crippen LogP contribution in [-0.2, 0) is 19.6 Å². The van der Waals surface area contributed by atoms with E-state index in [9.17, 15) is 13.2 Å². The molecule has 0 spiro atoms. The predicted octanol–water partition coefficient (Wildman–Crippen LogP) is 4.09. The fourth-order valence-electron chi connectivity index (χ4n) is 4.49. The molecule has 2 fully saturated rings. The van der Waals surface area contributed by atoms with Gasteiger partial charge in [-0.25, -0.2) is 8.42 Å². The van der Waals surface area contributed by atoms with E-state index in [0.29, 0.717) is 56.5 Å². The smallest absolute Gasteiger partial charge is 0.244 e. The summed E-state index contributed by atoms with van der Waals surface area (Å²) >= 11 is 12.3. The van der Waals surface area contributed by atoms with E-state index in [2.05, 4.69) is 0 Å². The summed E-state index contributed by atoms with van der Waals surface area (Å²) in [5.41, 5.74) is -0.679. The number of morpholine rings is 1. The quantitative estimate of drug-likeness (QED) is 0.542. The summed E-state index contributed by atoms with van der Waals surface area (Å²) in [7, 11) is -3.91. The highest BCUT2D eigenvalue weighted by molar-refractivity contribution is 7.89. The standard InChI is InChI=1S/C24H28Cl2N2O5S/c25-19-7-8-21(26)22(15-19)34(30,31)28-10-4-9-24(17-28,18-33-20-5-2-1-3-6-20)16-23(29)27-11-13-32-14-12-27/h1-3,5-8,15H,4,9-14,16-18H2. The van der Waals surface area contributed by atoms with Crippen molar-refractivity contribution in [1.82, 2.24) is 9.21 Å². The first-order valence-corrected chi connectivity index (χ1v) is 13.5. The van der Waals surface area contributed by atoms with Crippen LogP contribution in [0.1, 0.15) is 19.3 Å². The second-order valence-corrected chi connectivity index (χ2v) is 11.5. The van der Waals surface area contributed by atoms with Gasteiger partial charge in [0.25, 0.3) is 0 Å². The Morgan fingerprint density at radius 1 is 1.06 bits per heavy atom. The van der Waals surface area contributed by atoms with Crippen LogP contribution in [0.15, 0.2) is 53.4 Å². The average molecular weight is 527 g/mol. The van der Waals surface area contributed by atoms with Gasteiger partial charge >= 0.3 is 0 Å². The summed E-state index contributed by atoms with van der Waals surface area (Å²) < 4.78 is 39.9. The number of piperidine rings is 1. The Morgan fingerprint density at radius 2 is 1.79 bits per heavy atom. The number of carbonyl (C=O) groups excluding carboxylic acids is 1. The van der Waals surface area contributed by atoms with Crippen molar-refractivity contribution in [2.24, 2.45) is 5.41 Å². The Kier molecular flexibility index (Phi) is 8.05. The van der Waals surface area contributed by atoms with Crippen molar-refractivity contribution >= 4 is 39.1 Å². The number of benzene rings is 2. The molecular formula is C24H28Cl2N2O5S. The van der Waals surface area contributed by atoms with Gasteiger partial charge in [0.2, 0.25) is 15.9 Å². The van der Waals surface area contributed by atoms with E-state index in [1.807, 2.05) is 30.3 Å². The van der Waals surface area contributed by atoms with Crippen LogP contribution in [-0.4, -0.2) is 69.5 Å². The molecule has 0 aromatic heterocycles. The predicted molar refractivity (Wildman–Crippen MR) is 131 cm³/mol. The molecule has 1 unspecified atom stereocenters. The summed E-state index contributed by atoms with van der Waals surface area (Å²) in [6.45, 7) is 2.80. The van der Waals surface area contributed by atoms with Gasteiger partial charge < -0.3 is 14.4 Å². The fraction of sp³-hybridized carbons (Fsp3) is 0.458. The summed E-state index contributed by atoms with van der Waals surface area (Å²) in [6.07, 6.45) is 1.46. The lowest BCUT2D eigenvalue weighted by molar-refractivity contribution is -0.139. The zero-order valence-electron chi connectivity index (χ0n) is 18.8. The molecule has 0 bridgehead atoms. The van der Waals surface area contributed by atoms with Gasteiger partial charge in [-0.1, -0.05) is 41.4 Å². The lowest BCUT2D eigenvalue weighted by Crippen LogP contribution is -2.51. The Bertz CT molecular complexity index is 1110. The molecule has 2 saturated heterocycles. The number of amides is 1. The number of halogens is 2. The van der Waals surface area contributed by atoms with Crippen LogP contribution in [0, 0.1) is 5.41 Å². The van der Waals surface area contributed by atoms with Gasteiger partial charge in [0.05, 0.1) is 24.8 Å². The first kappa shape index (κ1) is 25.3. The van der Waals surface area contributed by atoms with E-state index in [0.717, 1.165) is 0 Å². The molecule has 0 aliphatic carbocycles. The number of rotatable bonds is 7. The molecule has 4 rings (SSSR count). The van der Waals surface area contributed by atoms with Crippen LogP contribution < -0.4 is 4.74 Å². The number of sulfonamides is 1. The largest absolute Gasteiger partial charge is 0.493 e. The van der Waals surface area contributed by atoms with Crippen molar-refractivity contribution in [1.29, 1.82) is 0 Å². The van der Waals surface area contributed by atoms with Crippen molar-refractivity contribution in [2.45, 2.75) is 24.2 Å². The molecule has 1 amide bonds. The molecule has 2 aliphatic heterocycles. The van der Waals surface area contributed by atoms with Gasteiger partial charge in [0.15, 0.2) is 0 Å². The molecule has 2 aliphatic rings. The number of ether oxygens (including phenoxy) is 2. The third kappa shape index (κ3) is 5.86. The minimum Gasteiger partial charge on any atom is -0.493 e. The number of para-hydroxylation sites is 1. The second kappa shape index (κ2) is 10.8. The van der Waals surface area contributed by atoms with Crippen molar-refractivity contribution < 1.29 is 22.7 Å². The SMILES string of the molecule is O=C(CC1(COc2ccccc2)CCCN(S(=O)(=O)c2cc(Cl)ccc2Cl)C1)N1CCOCC1. The van der Waals surface area contributed by atoms with Crippen LogP contribution in [0.3, 0.4) is 0 Å². The average Bonchev–Trinajstić information content (AvgIpc) is 2.85. The molecule has 2 heterocycles. The van der Waals surface area contributed by atoms with Crippen molar-refractivity contribution in [3.63, 3.8) is 0 Å². The Morgan fingerprint density at radius 3 is 2.53 bits per heavy atom. The van der Waals surface area contributed by atoms with E-state index in [1.165, 1.54) is 16.4 Å². The maximum absolute atomic E-state index is 13.5. The lowest BCUT2D eigenvalue weighted by Gasteiger charge is -2.42. The molecule has 7 nitrogen and oxygen atoms in total. The van der Waals surface area contributed by atoms with Crippen LogP contribution in [0.4, 0.5) is 0 Å². The Balaban J connectivity index is 1.60. The molecule has 0 N–H and O–H groups in total. The van der Waals surface area contributed by atoms with Crippen LogP contribution in [0.5, 0.6) is 5.75 Å². The van der Waals surface area contributed by atoms with E-state index in [-0.39, 0.29) is 35.4 Å². The topological polar surface area (TPSA) is 76.2 Å². The maximum atomic E-state index is 13.5. The zero-order chi connectivity index (χ0) is 24.2. The van der Waals surface area contributed by atoms with Gasteiger partial charge in [0.1, 0.15) is 10.6 Å². The summed E-state index contributed by atoms with van der Waals surface area (Å²) in [4.78, 5) is 15.0. The molecular weight excluding hydrogens is 499 g/mol. The summed E-state index contributed by atoms with van der Waals surface area (Å²) in [5.74, 6) is 0.665. The van der Waals surface area contributed by atoms with Crippen molar-refractivity contribution in [3.8, 4) is 5.75 Å². The Labute approximate surface area is 210 Å². The van der Waals surface area contributed by atoms with Crippen molar-refractivity contribution in [3.05, 3.63) is 58.6 Å². The number of hydrogen-bond acceptors (Lipinski definition) is 5. The molecule has 1 atom stereocenters. The van der Waals surface area contributed by atoms with E-state index >= 15 is 0 Å². The normalized spacial score (nSPS) is 21.9. The highest BCUT2D eigenvalue weighted by Crippen LogP contribution is 2.38. The molecule has 34 heavy (non-hydrogen) atoms. The number of hydrogen-bond donors (Lipinski definition) is 0. The van der Waals surface area contributed by atoms with Crippen LogP contribution in [0.2, 0.25) is 10.0 Å². The first-order chi connectivity index (χ1) is 16.3. The van der Waals surface area contributed by atoms with E-state index in [4.69, 9.17) is 32.7 Å². The highest BCUT2D eigenvalue weighted by atomic mass is 35.5. The minimum absolute atomic E-state index is 0.0139. The number of carbonyl (C=O) groups is 1. The molecule has 0 radical (unpaired) electrons. The third-order valence-corrected chi connectivity index (χ3v) is 8.88. The van der Waals surface area contributed by atoms with Gasteiger partial charge in [0, 0.05) is 43.0 Å². The van der Waals surface area contributed by atoms with Gasteiger partial charge in [-0.05, 0) is 43.2 Å². The van der Waals surface area contributed by atoms with E-state index < -0.39 is 15.4 Å². The fourth-order valence-corrected chi connectivity index (χ4v) is 6.82. The Hall–Kier alpha value is -1.84. The molecule has 10 heteroatoms. The third-order valence-electron chi connectivity index (χ3n) is 6.32. The summed E-state index contributed by atoms with van der Waals surface area (Å²) in [6, 6.07) is 13.7. The van der Waals surface area contributed by atoms with Gasteiger partial charge in [-0.2, -0.15) is 4.31 Å². The maximum Gasteiger partial charge on any atom is 0.244 e. The lowest BCUT2D eigenvalue weighted by atomic mass is 9.78. The van der Waals surface area contributed by atoms with E-state index in [1.54, 1.807) is 11.0 Å². The number of nitrogens with zero attached hydrogens (tertiary/aromatic N) is 2. The monoisotopic (exact) mass is 526 g/mol. The highest BCUT2D eigenvalue weighted by Gasteiger charge is 2.43. The second-order valence-electron chi connectivity index (χ2n) is 8.79. The zero-order valence-corrected chi connectivity index (χ0v) is 21.1. The first-order valence-electron chi connectivity index (χ1n) is 11.3. The van der Waals surface area contributed by atoms with Gasteiger partial charge in [-0.3, -0.25) is 4.79 Å². The molecule has 2 aromatic carbocycles.